The highest BCUT2D eigenvalue weighted by Crippen LogP contribution is 2.41. The third-order valence-electron chi connectivity index (χ3n) is 4.30. The van der Waals surface area contributed by atoms with E-state index in [-0.39, 0.29) is 11.6 Å². The van der Waals surface area contributed by atoms with Crippen molar-refractivity contribution >= 4 is 17.5 Å². The fraction of sp³-hybridized carbons (Fsp3) is 0.375. The van der Waals surface area contributed by atoms with Gasteiger partial charge in [-0.2, -0.15) is 13.2 Å². The van der Waals surface area contributed by atoms with Crippen molar-refractivity contribution < 1.29 is 22.8 Å². The Bertz CT molecular complexity index is 666. The Hall–Kier alpha value is -2.11. The van der Waals surface area contributed by atoms with Crippen molar-refractivity contribution in [1.29, 1.82) is 0 Å². The average molecular weight is 309 g/mol. The van der Waals surface area contributed by atoms with Crippen LogP contribution < -0.4 is 4.90 Å². The smallest absolute Gasteiger partial charge is 0.274 e. The summed E-state index contributed by atoms with van der Waals surface area (Å²) in [6.07, 6.45) is -0.326. The van der Waals surface area contributed by atoms with Crippen molar-refractivity contribution in [3.8, 4) is 0 Å². The lowest BCUT2D eigenvalue weighted by Crippen LogP contribution is -2.31. The number of carbonyl (C=O) groups is 2. The monoisotopic (exact) mass is 309 g/mol. The van der Waals surface area contributed by atoms with Crippen molar-refractivity contribution in [3.05, 3.63) is 42.0 Å². The van der Waals surface area contributed by atoms with Gasteiger partial charge in [0.15, 0.2) is 0 Å². The van der Waals surface area contributed by atoms with Crippen molar-refractivity contribution in [2.24, 2.45) is 17.8 Å². The highest BCUT2D eigenvalue weighted by atomic mass is 19.4. The summed E-state index contributed by atoms with van der Waals surface area (Å²) in [4.78, 5) is 25.9. The summed E-state index contributed by atoms with van der Waals surface area (Å²) in [5, 5.41) is 0. The predicted octanol–water partition coefficient (Wildman–Crippen LogP) is 3.41. The van der Waals surface area contributed by atoms with Gasteiger partial charge >= 0.3 is 6.18 Å². The lowest BCUT2D eigenvalue weighted by Gasteiger charge is -2.22. The number of halogens is 3. The van der Waals surface area contributed by atoms with Gasteiger partial charge in [-0.25, -0.2) is 0 Å². The molecule has 0 spiro atoms. The number of alkyl halides is 3. The molecule has 0 bridgehead atoms. The van der Waals surface area contributed by atoms with Crippen LogP contribution in [0.4, 0.5) is 18.9 Å². The van der Waals surface area contributed by atoms with Crippen molar-refractivity contribution in [1.82, 2.24) is 0 Å². The zero-order valence-electron chi connectivity index (χ0n) is 11.8. The maximum Gasteiger partial charge on any atom is 0.416 e. The third kappa shape index (κ3) is 2.23. The molecule has 0 saturated carbocycles. The van der Waals surface area contributed by atoms with E-state index in [1.807, 2.05) is 19.1 Å². The number of hydrogen-bond acceptors (Lipinski definition) is 2. The highest BCUT2D eigenvalue weighted by molar-refractivity contribution is 6.22. The van der Waals surface area contributed by atoms with Crippen LogP contribution in [0.1, 0.15) is 18.9 Å². The van der Waals surface area contributed by atoms with Gasteiger partial charge in [-0.05, 0) is 30.5 Å². The van der Waals surface area contributed by atoms with Crippen LogP contribution in [0.3, 0.4) is 0 Å². The lowest BCUT2D eigenvalue weighted by molar-refractivity contribution is -0.137. The minimum Gasteiger partial charge on any atom is -0.274 e. The van der Waals surface area contributed by atoms with Crippen LogP contribution in [-0.2, 0) is 15.8 Å². The molecule has 2 aliphatic rings. The quantitative estimate of drug-likeness (QED) is 0.589. The molecule has 116 valence electrons. The summed E-state index contributed by atoms with van der Waals surface area (Å²) in [7, 11) is 0. The van der Waals surface area contributed by atoms with E-state index in [0.29, 0.717) is 6.42 Å². The highest BCUT2D eigenvalue weighted by Gasteiger charge is 2.50. The zero-order chi connectivity index (χ0) is 16.1. The number of hydrogen-bond donors (Lipinski definition) is 0. The van der Waals surface area contributed by atoms with Gasteiger partial charge < -0.3 is 0 Å². The van der Waals surface area contributed by atoms with Gasteiger partial charge in [0.1, 0.15) is 0 Å². The maximum atomic E-state index is 12.8. The molecule has 2 amide bonds. The molecule has 0 radical (unpaired) electrons. The van der Waals surface area contributed by atoms with Crippen LogP contribution in [0.2, 0.25) is 0 Å². The van der Waals surface area contributed by atoms with Gasteiger partial charge in [0.05, 0.1) is 23.1 Å². The van der Waals surface area contributed by atoms with Gasteiger partial charge in [-0.3, -0.25) is 14.5 Å². The molecule has 1 aromatic carbocycles. The standard InChI is InChI=1S/C16H14F3NO2/c1-9-4-2-7-12-13(9)15(22)20(14(12)21)11-6-3-5-10(8-11)16(17,18)19/h2-6,8-9,12-13H,7H2,1H3/t9-,12-,13-/m1/s1. The molecular formula is C16H14F3NO2. The molecule has 1 fully saturated rings. The first-order chi connectivity index (χ1) is 10.3. The topological polar surface area (TPSA) is 37.4 Å². The lowest BCUT2D eigenvalue weighted by atomic mass is 9.78. The molecule has 1 aliphatic carbocycles. The second-order valence-corrected chi connectivity index (χ2v) is 5.72. The van der Waals surface area contributed by atoms with Crippen LogP contribution in [0.15, 0.2) is 36.4 Å². The van der Waals surface area contributed by atoms with E-state index < -0.39 is 35.4 Å². The second kappa shape index (κ2) is 4.97. The summed E-state index contributed by atoms with van der Waals surface area (Å²) in [5.74, 6) is -1.86. The van der Waals surface area contributed by atoms with Gasteiger partial charge in [0, 0.05) is 0 Å². The number of carbonyl (C=O) groups excluding carboxylic acids is 2. The van der Waals surface area contributed by atoms with Crippen LogP contribution in [0, 0.1) is 17.8 Å². The van der Waals surface area contributed by atoms with E-state index in [1.54, 1.807) is 0 Å². The molecule has 0 unspecified atom stereocenters. The molecule has 0 N–H and O–H groups in total. The molecule has 3 rings (SSSR count). The number of anilines is 1. The van der Waals surface area contributed by atoms with E-state index >= 15 is 0 Å². The summed E-state index contributed by atoms with van der Waals surface area (Å²) in [6.45, 7) is 1.84. The van der Waals surface area contributed by atoms with Crippen LogP contribution in [0.25, 0.3) is 0 Å². The summed E-state index contributed by atoms with van der Waals surface area (Å²) in [5.41, 5.74) is -0.877. The van der Waals surface area contributed by atoms with Crippen molar-refractivity contribution in [2.45, 2.75) is 19.5 Å². The zero-order valence-corrected chi connectivity index (χ0v) is 11.8. The molecule has 22 heavy (non-hydrogen) atoms. The Kier molecular flexibility index (Phi) is 3.34. The Balaban J connectivity index is 2.00. The molecule has 6 heteroatoms. The Labute approximate surface area is 125 Å². The van der Waals surface area contributed by atoms with Crippen LogP contribution >= 0.6 is 0 Å². The number of imide groups is 1. The van der Waals surface area contributed by atoms with Gasteiger partial charge in [-0.15, -0.1) is 0 Å². The van der Waals surface area contributed by atoms with Gasteiger partial charge in [0.25, 0.3) is 0 Å². The Morgan fingerprint density at radius 3 is 2.55 bits per heavy atom. The van der Waals surface area contributed by atoms with Gasteiger partial charge in [0.2, 0.25) is 11.8 Å². The van der Waals surface area contributed by atoms with E-state index in [1.165, 1.54) is 12.1 Å². The Morgan fingerprint density at radius 2 is 1.91 bits per heavy atom. The summed E-state index contributed by atoms with van der Waals surface area (Å²) in [6, 6.07) is 4.35. The molecule has 1 aliphatic heterocycles. The molecule has 3 nitrogen and oxygen atoms in total. The number of amides is 2. The molecule has 0 aromatic heterocycles. The molecular weight excluding hydrogens is 295 g/mol. The third-order valence-corrected chi connectivity index (χ3v) is 4.30. The predicted molar refractivity (Wildman–Crippen MR) is 73.8 cm³/mol. The number of rotatable bonds is 1. The van der Waals surface area contributed by atoms with Crippen LogP contribution in [0.5, 0.6) is 0 Å². The minimum absolute atomic E-state index is 0.00794. The number of nitrogens with zero attached hydrogens (tertiary/aromatic N) is 1. The SMILES string of the molecule is C[C@@H]1C=CC[C@H]2C(=O)N(c3cccc(C(F)(F)F)c3)C(=O)[C@H]12. The summed E-state index contributed by atoms with van der Waals surface area (Å²) >= 11 is 0. The fourth-order valence-corrected chi connectivity index (χ4v) is 3.22. The maximum absolute atomic E-state index is 12.8. The average Bonchev–Trinajstić information content (AvgIpc) is 2.71. The van der Waals surface area contributed by atoms with Crippen molar-refractivity contribution in [2.75, 3.05) is 4.90 Å². The molecule has 1 saturated heterocycles. The number of allylic oxidation sites excluding steroid dienone is 2. The minimum atomic E-state index is -4.51. The fourth-order valence-electron chi connectivity index (χ4n) is 3.22. The number of fused-ring (bicyclic) bond motifs is 1. The van der Waals surface area contributed by atoms with Crippen LogP contribution in [-0.4, -0.2) is 11.8 Å². The Morgan fingerprint density at radius 1 is 1.18 bits per heavy atom. The molecule has 1 aromatic rings. The number of benzene rings is 1. The second-order valence-electron chi connectivity index (χ2n) is 5.72. The molecule has 1 heterocycles. The van der Waals surface area contributed by atoms with E-state index in [9.17, 15) is 22.8 Å². The largest absolute Gasteiger partial charge is 0.416 e. The van der Waals surface area contributed by atoms with Crippen molar-refractivity contribution in [3.63, 3.8) is 0 Å². The first-order valence-electron chi connectivity index (χ1n) is 7.02. The normalized spacial score (nSPS) is 28.2. The molecule has 3 atom stereocenters. The van der Waals surface area contributed by atoms with Gasteiger partial charge in [-0.1, -0.05) is 25.1 Å². The summed E-state index contributed by atoms with van der Waals surface area (Å²) < 4.78 is 38.4. The van der Waals surface area contributed by atoms with E-state index in [4.69, 9.17) is 0 Å². The first kappa shape index (κ1) is 14.8. The van der Waals surface area contributed by atoms with E-state index in [2.05, 4.69) is 0 Å². The van der Waals surface area contributed by atoms with E-state index in [0.717, 1.165) is 17.0 Å². The first-order valence-corrected chi connectivity index (χ1v) is 7.02.